The summed E-state index contributed by atoms with van der Waals surface area (Å²) in [5, 5.41) is 6.39. The zero-order valence-corrected chi connectivity index (χ0v) is 18.7. The Balaban J connectivity index is 1.67. The van der Waals surface area contributed by atoms with E-state index in [1.165, 1.54) is 0 Å². The number of carbonyl (C=O) groups excluding carboxylic acids is 1. The zero-order chi connectivity index (χ0) is 21.6. The number of carbonyl (C=O) groups is 1. The van der Waals surface area contributed by atoms with Crippen molar-refractivity contribution in [2.24, 2.45) is 0 Å². The number of urea groups is 1. The van der Waals surface area contributed by atoms with Crippen molar-refractivity contribution in [1.82, 2.24) is 14.9 Å². The summed E-state index contributed by atoms with van der Waals surface area (Å²) in [4.78, 5) is 12.7. The molecule has 1 aliphatic rings. The first-order valence-corrected chi connectivity index (χ1v) is 12.1. The van der Waals surface area contributed by atoms with Crippen LogP contribution in [-0.2, 0) is 16.6 Å². The summed E-state index contributed by atoms with van der Waals surface area (Å²) in [5.41, 5.74) is 1.54. The molecule has 1 atom stereocenters. The largest absolute Gasteiger partial charge is 0.334 e. The van der Waals surface area contributed by atoms with E-state index in [2.05, 4.69) is 10.6 Å². The minimum atomic E-state index is -3.57. The van der Waals surface area contributed by atoms with Gasteiger partial charge in [-0.15, -0.1) is 0 Å². The molecule has 0 unspecified atom stereocenters. The van der Waals surface area contributed by atoms with Crippen molar-refractivity contribution < 1.29 is 13.2 Å². The fourth-order valence-electron chi connectivity index (χ4n) is 3.65. The van der Waals surface area contributed by atoms with Gasteiger partial charge in [0.05, 0.1) is 10.9 Å². The summed E-state index contributed by atoms with van der Waals surface area (Å²) < 4.78 is 27.7. The summed E-state index contributed by atoms with van der Waals surface area (Å²) >= 11 is 5.94. The maximum Gasteiger partial charge on any atom is 0.315 e. The van der Waals surface area contributed by atoms with Crippen molar-refractivity contribution >= 4 is 27.7 Å². The van der Waals surface area contributed by atoms with Gasteiger partial charge in [-0.1, -0.05) is 55.3 Å². The average molecular weight is 450 g/mol. The summed E-state index contributed by atoms with van der Waals surface area (Å²) in [6.07, 6.45) is 3.53. The molecule has 1 fully saturated rings. The molecule has 1 saturated heterocycles. The number of sulfonamides is 1. The molecular formula is C22H28ClN3O3S. The van der Waals surface area contributed by atoms with Crippen LogP contribution >= 0.6 is 11.6 Å². The fourth-order valence-corrected chi connectivity index (χ4v) is 5.51. The third-order valence-corrected chi connectivity index (χ3v) is 7.58. The Morgan fingerprint density at radius 1 is 1.07 bits per heavy atom. The topological polar surface area (TPSA) is 78.5 Å². The van der Waals surface area contributed by atoms with Crippen LogP contribution < -0.4 is 10.6 Å². The van der Waals surface area contributed by atoms with Gasteiger partial charge >= 0.3 is 6.03 Å². The summed E-state index contributed by atoms with van der Waals surface area (Å²) in [5.74, 6) is 0. The second-order valence-corrected chi connectivity index (χ2v) is 9.75. The predicted octanol–water partition coefficient (Wildman–Crippen LogP) is 4.47. The van der Waals surface area contributed by atoms with Crippen molar-refractivity contribution in [1.29, 1.82) is 0 Å². The molecule has 2 aromatic rings. The first-order chi connectivity index (χ1) is 14.4. The van der Waals surface area contributed by atoms with Gasteiger partial charge in [0.15, 0.2) is 0 Å². The second kappa shape index (κ2) is 10.3. The van der Waals surface area contributed by atoms with Crippen molar-refractivity contribution in [3.63, 3.8) is 0 Å². The van der Waals surface area contributed by atoms with Gasteiger partial charge in [-0.25, -0.2) is 13.2 Å². The van der Waals surface area contributed by atoms with E-state index in [0.29, 0.717) is 23.7 Å². The van der Waals surface area contributed by atoms with Gasteiger partial charge in [-0.3, -0.25) is 0 Å². The molecule has 30 heavy (non-hydrogen) atoms. The Labute approximate surface area is 183 Å². The van der Waals surface area contributed by atoms with Crippen LogP contribution in [0.15, 0.2) is 53.4 Å². The highest BCUT2D eigenvalue weighted by Gasteiger charge is 2.28. The van der Waals surface area contributed by atoms with E-state index in [0.717, 1.165) is 31.2 Å². The number of piperidine rings is 1. The van der Waals surface area contributed by atoms with Crippen molar-refractivity contribution in [3.8, 4) is 0 Å². The van der Waals surface area contributed by atoms with Gasteiger partial charge in [0.2, 0.25) is 10.0 Å². The zero-order valence-electron chi connectivity index (χ0n) is 17.1. The van der Waals surface area contributed by atoms with Gasteiger partial charge in [0, 0.05) is 24.7 Å². The molecule has 0 radical (unpaired) electrons. The Morgan fingerprint density at radius 2 is 1.73 bits per heavy atom. The predicted molar refractivity (Wildman–Crippen MR) is 119 cm³/mol. The molecule has 2 aromatic carbocycles. The lowest BCUT2D eigenvalue weighted by atomic mass is 10.1. The highest BCUT2D eigenvalue weighted by atomic mass is 35.5. The molecule has 2 amide bonds. The smallest absolute Gasteiger partial charge is 0.315 e. The SMILES string of the molecule is CC[C@H](NC(=O)NCc1ccccc1S(=O)(=O)N1CCCCC1)c1ccc(Cl)cc1. The number of amides is 2. The molecular weight excluding hydrogens is 422 g/mol. The molecule has 0 aromatic heterocycles. The molecule has 0 saturated carbocycles. The standard InChI is InChI=1S/C22H28ClN3O3S/c1-2-20(17-10-12-19(23)13-11-17)25-22(27)24-16-18-8-4-5-9-21(18)30(28,29)26-14-6-3-7-15-26/h4-5,8-13,20H,2-3,6-7,14-16H2,1H3,(H2,24,25,27)/t20-/m0/s1. The molecule has 162 valence electrons. The van der Waals surface area contributed by atoms with Crippen LogP contribution in [0.1, 0.15) is 49.8 Å². The Morgan fingerprint density at radius 3 is 2.40 bits per heavy atom. The van der Waals surface area contributed by atoms with E-state index in [4.69, 9.17) is 11.6 Å². The minimum Gasteiger partial charge on any atom is -0.334 e. The molecule has 3 rings (SSSR count). The molecule has 8 heteroatoms. The van der Waals surface area contributed by atoms with E-state index in [-0.39, 0.29) is 23.5 Å². The number of hydrogen-bond donors (Lipinski definition) is 2. The van der Waals surface area contributed by atoms with Crippen molar-refractivity contribution in [2.45, 2.75) is 50.1 Å². The summed E-state index contributed by atoms with van der Waals surface area (Å²) in [6, 6.07) is 13.7. The maximum atomic E-state index is 13.1. The maximum absolute atomic E-state index is 13.1. The lowest BCUT2D eigenvalue weighted by molar-refractivity contribution is 0.236. The summed E-state index contributed by atoms with van der Waals surface area (Å²) in [6.45, 7) is 3.21. The minimum absolute atomic E-state index is 0.131. The van der Waals surface area contributed by atoms with E-state index in [1.54, 1.807) is 40.7 Å². The number of nitrogens with zero attached hydrogens (tertiary/aromatic N) is 1. The first kappa shape index (κ1) is 22.6. The fraction of sp³-hybridized carbons (Fsp3) is 0.409. The molecule has 1 aliphatic heterocycles. The van der Waals surface area contributed by atoms with Crippen LogP contribution in [0.5, 0.6) is 0 Å². The third-order valence-electron chi connectivity index (χ3n) is 5.33. The highest BCUT2D eigenvalue weighted by Crippen LogP contribution is 2.24. The number of hydrogen-bond acceptors (Lipinski definition) is 3. The van der Waals surface area contributed by atoms with Crippen LogP contribution in [0.25, 0.3) is 0 Å². The van der Waals surface area contributed by atoms with Crippen LogP contribution in [0, 0.1) is 0 Å². The molecule has 1 heterocycles. The van der Waals surface area contributed by atoms with Gasteiger partial charge in [-0.05, 0) is 48.6 Å². The Kier molecular flexibility index (Phi) is 7.75. The lowest BCUT2D eigenvalue weighted by Gasteiger charge is -2.27. The van der Waals surface area contributed by atoms with Crippen molar-refractivity contribution in [3.05, 3.63) is 64.7 Å². The summed E-state index contributed by atoms with van der Waals surface area (Å²) in [7, 11) is -3.57. The molecule has 0 aliphatic carbocycles. The Bertz CT molecular complexity index is 958. The van der Waals surface area contributed by atoms with E-state index < -0.39 is 10.0 Å². The van der Waals surface area contributed by atoms with E-state index in [9.17, 15) is 13.2 Å². The number of rotatable bonds is 7. The van der Waals surface area contributed by atoms with E-state index >= 15 is 0 Å². The lowest BCUT2D eigenvalue weighted by Crippen LogP contribution is -2.38. The van der Waals surface area contributed by atoms with Crippen LogP contribution in [-0.4, -0.2) is 31.8 Å². The second-order valence-electron chi connectivity index (χ2n) is 7.41. The van der Waals surface area contributed by atoms with Crippen LogP contribution in [0.2, 0.25) is 5.02 Å². The molecule has 0 bridgehead atoms. The quantitative estimate of drug-likeness (QED) is 0.654. The van der Waals surface area contributed by atoms with Crippen molar-refractivity contribution in [2.75, 3.05) is 13.1 Å². The number of benzene rings is 2. The van der Waals surface area contributed by atoms with Gasteiger partial charge in [-0.2, -0.15) is 4.31 Å². The van der Waals surface area contributed by atoms with Crippen LogP contribution in [0.3, 0.4) is 0 Å². The third kappa shape index (κ3) is 5.53. The van der Waals surface area contributed by atoms with Gasteiger partial charge in [0.25, 0.3) is 0 Å². The van der Waals surface area contributed by atoms with E-state index in [1.807, 2.05) is 19.1 Å². The van der Waals surface area contributed by atoms with Crippen LogP contribution in [0.4, 0.5) is 4.79 Å². The monoisotopic (exact) mass is 449 g/mol. The number of halogens is 1. The first-order valence-electron chi connectivity index (χ1n) is 10.3. The molecule has 6 nitrogen and oxygen atoms in total. The highest BCUT2D eigenvalue weighted by molar-refractivity contribution is 7.89. The normalized spacial score (nSPS) is 16.1. The molecule has 2 N–H and O–H groups in total. The Hall–Kier alpha value is -2.09. The van der Waals surface area contributed by atoms with Gasteiger partial charge in [0.1, 0.15) is 0 Å². The average Bonchev–Trinajstić information content (AvgIpc) is 2.77. The number of nitrogens with one attached hydrogen (secondary N) is 2. The van der Waals surface area contributed by atoms with Gasteiger partial charge < -0.3 is 10.6 Å². The molecule has 0 spiro atoms.